The third-order valence-corrected chi connectivity index (χ3v) is 12.1. The van der Waals surface area contributed by atoms with Crippen molar-refractivity contribution >= 4 is 78.3 Å². The summed E-state index contributed by atoms with van der Waals surface area (Å²) < 4.78 is 2.63. The number of rotatable bonds is 2. The maximum atomic E-state index is 5.68. The highest BCUT2D eigenvalue weighted by Gasteiger charge is 2.37. The zero-order valence-corrected chi connectivity index (χ0v) is 31.0. The van der Waals surface area contributed by atoms with Crippen LogP contribution in [0.3, 0.4) is 0 Å². The first-order valence-electron chi connectivity index (χ1n) is 18.8. The Bertz CT molecular complexity index is 3050. The predicted octanol–water partition coefficient (Wildman–Crippen LogP) is 11.4. The Kier molecular flexibility index (Phi) is 6.16. The molecule has 2 aliphatic heterocycles. The van der Waals surface area contributed by atoms with Crippen LogP contribution in [0.25, 0.3) is 65.9 Å². The fraction of sp³-hybridized carbons (Fsp3) is 0.122. The van der Waals surface area contributed by atoms with Crippen LogP contribution in [0.4, 0.5) is 17.1 Å². The first kappa shape index (κ1) is 30.5. The average molecular weight is 680 g/mol. The summed E-state index contributed by atoms with van der Waals surface area (Å²) in [6.45, 7) is 13.5. The summed E-state index contributed by atoms with van der Waals surface area (Å²) in [6.07, 6.45) is 0. The Morgan fingerprint density at radius 3 is 1.92 bits per heavy atom. The Morgan fingerprint density at radius 1 is 0.509 bits per heavy atom. The topological polar surface area (TPSA) is 21.1 Å². The zero-order chi connectivity index (χ0) is 35.9. The van der Waals surface area contributed by atoms with Gasteiger partial charge in [0.15, 0.2) is 0 Å². The van der Waals surface area contributed by atoms with E-state index < -0.39 is 0 Å². The van der Waals surface area contributed by atoms with Crippen LogP contribution < -0.4 is 15.8 Å². The van der Waals surface area contributed by atoms with E-state index in [1.165, 1.54) is 116 Å². The largest absolute Gasteiger partial charge is 0.375 e. The molecule has 0 atom stereocenters. The van der Waals surface area contributed by atoms with Crippen molar-refractivity contribution in [3.63, 3.8) is 0 Å². The van der Waals surface area contributed by atoms with E-state index in [4.69, 9.17) is 4.98 Å². The molecule has 0 spiro atoms. The molecule has 0 unspecified atom stereocenters. The molecule has 0 bridgehead atoms. The minimum atomic E-state index is 0.00255. The van der Waals surface area contributed by atoms with Crippen molar-refractivity contribution in [2.24, 2.45) is 0 Å². The molecule has 0 saturated carbocycles. The third-order valence-electron chi connectivity index (χ3n) is 12.1. The van der Waals surface area contributed by atoms with Crippen LogP contribution in [0, 0.1) is 41.5 Å². The molecule has 0 amide bonds. The van der Waals surface area contributed by atoms with Gasteiger partial charge in [0, 0.05) is 43.7 Å². The van der Waals surface area contributed by atoms with Crippen LogP contribution in [0.2, 0.25) is 0 Å². The van der Waals surface area contributed by atoms with E-state index in [1.54, 1.807) is 0 Å². The van der Waals surface area contributed by atoms with E-state index in [-0.39, 0.29) is 6.85 Å². The van der Waals surface area contributed by atoms with Gasteiger partial charge in [-0.2, -0.15) is 0 Å². The predicted molar refractivity (Wildman–Crippen MR) is 227 cm³/mol. The Labute approximate surface area is 310 Å². The number of pyridine rings is 1. The van der Waals surface area contributed by atoms with E-state index >= 15 is 0 Å². The van der Waals surface area contributed by atoms with Gasteiger partial charge in [-0.3, -0.25) is 0 Å². The summed E-state index contributed by atoms with van der Waals surface area (Å²) in [4.78, 5) is 8.16. The zero-order valence-electron chi connectivity index (χ0n) is 31.0. The Hall–Kier alpha value is -6.13. The van der Waals surface area contributed by atoms with Crippen LogP contribution in [0.5, 0.6) is 0 Å². The van der Waals surface area contributed by atoms with Crippen molar-refractivity contribution in [1.82, 2.24) is 9.46 Å². The van der Waals surface area contributed by atoms with Crippen LogP contribution in [-0.4, -0.2) is 16.3 Å². The van der Waals surface area contributed by atoms with Crippen LogP contribution in [0.1, 0.15) is 33.4 Å². The highest BCUT2D eigenvalue weighted by molar-refractivity contribution is 6.87. The van der Waals surface area contributed by atoms with Crippen LogP contribution >= 0.6 is 0 Å². The summed E-state index contributed by atoms with van der Waals surface area (Å²) in [5, 5.41) is 6.25. The molecular formula is C49H38BN3. The van der Waals surface area contributed by atoms with Gasteiger partial charge >= 0.3 is 6.85 Å². The number of para-hydroxylation sites is 3. The molecule has 0 saturated heterocycles. The second kappa shape index (κ2) is 10.7. The lowest BCUT2D eigenvalue weighted by atomic mass is 9.45. The maximum absolute atomic E-state index is 5.68. The number of anilines is 3. The number of aromatic nitrogens is 2. The van der Waals surface area contributed by atoms with Gasteiger partial charge in [-0.1, -0.05) is 113 Å². The van der Waals surface area contributed by atoms with Crippen LogP contribution in [0.15, 0.2) is 121 Å². The fourth-order valence-electron chi connectivity index (χ4n) is 10.3. The van der Waals surface area contributed by atoms with Crippen LogP contribution in [-0.2, 0) is 0 Å². The van der Waals surface area contributed by atoms with E-state index in [0.29, 0.717) is 0 Å². The standard InChI is InChI=1S/C49H38BN3/c1-27-21-29(3)46(30(4)22-27)50-40-26-41-39(25-38(40)36-17-11-16-35-33-13-7-10-19-43(33)53(50)49(35)36)34-15-12-20-44-45(34)47(51-41)37-14-8-9-18-42(37)52(44)48-31(5)23-28(2)24-32(48)6/h7-26H,1-6H3. The lowest BCUT2D eigenvalue weighted by molar-refractivity contribution is 1.20. The van der Waals surface area contributed by atoms with Gasteiger partial charge in [-0.15, -0.1) is 0 Å². The lowest BCUT2D eigenvalue weighted by Gasteiger charge is -2.35. The minimum absolute atomic E-state index is 0.00255. The molecule has 0 radical (unpaired) electrons. The van der Waals surface area contributed by atoms with Crippen molar-refractivity contribution in [3.05, 3.63) is 155 Å². The van der Waals surface area contributed by atoms with Gasteiger partial charge in [0.1, 0.15) is 0 Å². The second-order valence-electron chi connectivity index (χ2n) is 15.5. The lowest BCUT2D eigenvalue weighted by Crippen LogP contribution is -2.53. The van der Waals surface area contributed by atoms with E-state index in [1.807, 2.05) is 0 Å². The minimum Gasteiger partial charge on any atom is -0.375 e. The fourth-order valence-corrected chi connectivity index (χ4v) is 10.3. The van der Waals surface area contributed by atoms with E-state index in [0.717, 1.165) is 11.2 Å². The summed E-state index contributed by atoms with van der Waals surface area (Å²) in [7, 11) is 0. The van der Waals surface area contributed by atoms with Crippen molar-refractivity contribution in [1.29, 1.82) is 0 Å². The van der Waals surface area contributed by atoms with Gasteiger partial charge in [0.05, 0.1) is 28.3 Å². The molecule has 3 nitrogen and oxygen atoms in total. The number of nitrogens with zero attached hydrogens (tertiary/aromatic N) is 3. The van der Waals surface area contributed by atoms with Crippen molar-refractivity contribution in [2.75, 3.05) is 4.90 Å². The first-order chi connectivity index (χ1) is 25.8. The SMILES string of the molecule is Cc1cc(C)c(B2c3cc4nc5c6c(cccc6c4cc3-c3cccc4c6ccccc6n2c34)N(c2c(C)cc(C)cc2C)c2ccccc2-5)c(C)c1. The highest BCUT2D eigenvalue weighted by atomic mass is 15.2. The number of hydrogen-bond acceptors (Lipinski definition) is 2. The number of benzene rings is 7. The second-order valence-corrected chi connectivity index (χ2v) is 15.5. The summed E-state index contributed by atoms with van der Waals surface area (Å²) in [6, 6.07) is 45.7. The van der Waals surface area contributed by atoms with Crippen molar-refractivity contribution < 1.29 is 0 Å². The number of fused-ring (bicyclic) bond motifs is 9. The van der Waals surface area contributed by atoms with Gasteiger partial charge in [0.25, 0.3) is 0 Å². The average Bonchev–Trinajstić information content (AvgIpc) is 3.48. The molecule has 4 heterocycles. The Morgan fingerprint density at radius 2 is 1.13 bits per heavy atom. The quantitative estimate of drug-likeness (QED) is 0.134. The Balaban J connectivity index is 1.28. The highest BCUT2D eigenvalue weighted by Crippen LogP contribution is 2.53. The number of hydrogen-bond donors (Lipinski definition) is 0. The normalized spacial score (nSPS) is 13.0. The van der Waals surface area contributed by atoms with Gasteiger partial charge in [-0.25, -0.2) is 4.98 Å². The molecule has 9 aromatic rings. The molecule has 11 rings (SSSR count). The third kappa shape index (κ3) is 4.04. The van der Waals surface area contributed by atoms with Gasteiger partial charge in [0.2, 0.25) is 0 Å². The molecule has 0 aliphatic carbocycles. The molecule has 53 heavy (non-hydrogen) atoms. The maximum Gasteiger partial charge on any atom is 0.329 e. The van der Waals surface area contributed by atoms with E-state index in [9.17, 15) is 0 Å². The first-order valence-corrected chi connectivity index (χ1v) is 18.8. The molecule has 7 aromatic carbocycles. The van der Waals surface area contributed by atoms with Gasteiger partial charge in [-0.05, 0) is 105 Å². The van der Waals surface area contributed by atoms with Crippen molar-refractivity contribution in [3.8, 4) is 22.4 Å². The van der Waals surface area contributed by atoms with E-state index in [2.05, 4.69) is 172 Å². The molecular weight excluding hydrogens is 641 g/mol. The monoisotopic (exact) mass is 679 g/mol. The molecule has 252 valence electrons. The molecule has 2 aromatic heterocycles. The smallest absolute Gasteiger partial charge is 0.329 e. The molecule has 2 aliphatic rings. The molecule has 0 fully saturated rings. The molecule has 0 N–H and O–H groups in total. The molecule has 4 heteroatoms. The van der Waals surface area contributed by atoms with Crippen molar-refractivity contribution in [2.45, 2.75) is 41.5 Å². The number of aryl methyl sites for hydroxylation is 6. The summed E-state index contributed by atoms with van der Waals surface area (Å²) >= 11 is 0. The summed E-state index contributed by atoms with van der Waals surface area (Å²) in [5.74, 6) is 0. The summed E-state index contributed by atoms with van der Waals surface area (Å²) in [5.41, 5.74) is 22.5. The van der Waals surface area contributed by atoms with Gasteiger partial charge < -0.3 is 9.38 Å².